The van der Waals surface area contributed by atoms with Crippen molar-refractivity contribution >= 4 is 33.6 Å². The largest absolute Gasteiger partial charge is 0.480 e. The van der Waals surface area contributed by atoms with Gasteiger partial charge in [0.2, 0.25) is 0 Å². The number of anilines is 1. The van der Waals surface area contributed by atoms with Crippen molar-refractivity contribution in [2.75, 3.05) is 5.32 Å². The molecule has 0 heterocycles. The van der Waals surface area contributed by atoms with E-state index in [0.29, 0.717) is 5.69 Å². The molecular weight excluding hydrogens is 319 g/mol. The van der Waals surface area contributed by atoms with Crippen LogP contribution in [0.25, 0.3) is 0 Å². The lowest BCUT2D eigenvalue weighted by atomic mass is 10.2. The average Bonchev–Trinajstić information content (AvgIpc) is 3.14. The number of benzene rings is 1. The first kappa shape index (κ1) is 13.8. The number of carbonyl (C=O) groups is 2. The minimum Gasteiger partial charge on any atom is -0.480 e. The molecule has 1 aliphatic rings. The Morgan fingerprint density at radius 1 is 1.42 bits per heavy atom. The van der Waals surface area contributed by atoms with Gasteiger partial charge in [0.15, 0.2) is 0 Å². The van der Waals surface area contributed by atoms with Gasteiger partial charge in [0.1, 0.15) is 11.9 Å². The Bertz CT molecular complexity index is 520. The fourth-order valence-electron chi connectivity index (χ4n) is 1.69. The van der Waals surface area contributed by atoms with E-state index in [0.717, 1.165) is 12.8 Å². The normalized spacial score (nSPS) is 15.7. The fourth-order valence-corrected chi connectivity index (χ4v) is 2.07. The lowest BCUT2D eigenvalue weighted by Gasteiger charge is -2.14. The maximum absolute atomic E-state index is 13.0. The molecule has 1 unspecified atom stereocenters. The molecule has 102 valence electrons. The van der Waals surface area contributed by atoms with Crippen LogP contribution in [-0.2, 0) is 4.79 Å². The highest BCUT2D eigenvalue weighted by atomic mass is 79.9. The summed E-state index contributed by atoms with van der Waals surface area (Å²) in [5.74, 6) is -1.48. The summed E-state index contributed by atoms with van der Waals surface area (Å²) in [6, 6.07) is 2.52. The molecule has 0 spiro atoms. The number of rotatable bonds is 4. The number of urea groups is 1. The third-order valence-corrected chi connectivity index (χ3v) is 3.43. The number of hydrogen-bond acceptors (Lipinski definition) is 2. The van der Waals surface area contributed by atoms with E-state index < -0.39 is 23.9 Å². The molecule has 1 atom stereocenters. The predicted octanol–water partition coefficient (Wildman–Crippen LogP) is 2.57. The number of carboxylic acid groups (broad SMARTS) is 1. The van der Waals surface area contributed by atoms with Gasteiger partial charge < -0.3 is 15.7 Å². The third-order valence-electron chi connectivity index (χ3n) is 2.82. The molecular formula is C12H12BrFN2O3. The molecule has 2 amide bonds. The zero-order valence-electron chi connectivity index (χ0n) is 9.82. The maximum Gasteiger partial charge on any atom is 0.326 e. The van der Waals surface area contributed by atoms with E-state index in [-0.39, 0.29) is 10.4 Å². The van der Waals surface area contributed by atoms with Gasteiger partial charge in [-0.2, -0.15) is 0 Å². The summed E-state index contributed by atoms with van der Waals surface area (Å²) in [5.41, 5.74) is 0.380. The Hall–Kier alpha value is -1.63. The van der Waals surface area contributed by atoms with E-state index >= 15 is 0 Å². The van der Waals surface area contributed by atoms with E-state index in [1.54, 1.807) is 0 Å². The Labute approximate surface area is 117 Å². The Kier molecular flexibility index (Phi) is 4.04. The molecule has 1 fully saturated rings. The van der Waals surface area contributed by atoms with Crippen LogP contribution < -0.4 is 10.6 Å². The standard InChI is InChI=1S/C12H12BrFN2O3/c13-8-5-7(3-4-9(8)14)15-12(19)16-10(11(17)18)6-1-2-6/h3-6,10H,1-2H2,(H,17,18)(H2,15,16,19). The van der Waals surface area contributed by atoms with Crippen LogP contribution in [0.3, 0.4) is 0 Å². The predicted molar refractivity (Wildman–Crippen MR) is 70.4 cm³/mol. The highest BCUT2D eigenvalue weighted by molar-refractivity contribution is 9.10. The summed E-state index contributed by atoms with van der Waals surface area (Å²) in [7, 11) is 0. The van der Waals surface area contributed by atoms with Crippen LogP contribution in [-0.4, -0.2) is 23.1 Å². The lowest BCUT2D eigenvalue weighted by Crippen LogP contribution is -2.44. The first-order valence-electron chi connectivity index (χ1n) is 5.73. The minimum atomic E-state index is -1.04. The van der Waals surface area contributed by atoms with E-state index in [2.05, 4.69) is 26.6 Å². The van der Waals surface area contributed by atoms with Crippen molar-refractivity contribution in [2.24, 2.45) is 5.92 Å². The van der Waals surface area contributed by atoms with Crippen LogP contribution in [0.15, 0.2) is 22.7 Å². The molecule has 0 saturated heterocycles. The number of aliphatic carboxylic acids is 1. The van der Waals surface area contributed by atoms with Crippen LogP contribution in [0.4, 0.5) is 14.9 Å². The van der Waals surface area contributed by atoms with Crippen LogP contribution in [0.1, 0.15) is 12.8 Å². The zero-order chi connectivity index (χ0) is 14.0. The number of nitrogens with one attached hydrogen (secondary N) is 2. The zero-order valence-corrected chi connectivity index (χ0v) is 11.4. The smallest absolute Gasteiger partial charge is 0.326 e. The number of carboxylic acids is 1. The van der Waals surface area contributed by atoms with Crippen molar-refractivity contribution in [3.8, 4) is 0 Å². The van der Waals surface area contributed by atoms with Crippen LogP contribution in [0.5, 0.6) is 0 Å². The monoisotopic (exact) mass is 330 g/mol. The molecule has 1 aromatic rings. The molecule has 19 heavy (non-hydrogen) atoms. The van der Waals surface area contributed by atoms with Gasteiger partial charge in [0.25, 0.3) is 0 Å². The van der Waals surface area contributed by atoms with E-state index in [9.17, 15) is 14.0 Å². The van der Waals surface area contributed by atoms with Crippen LogP contribution in [0, 0.1) is 11.7 Å². The quantitative estimate of drug-likeness (QED) is 0.793. The minimum absolute atomic E-state index is 0.00297. The molecule has 1 aromatic carbocycles. The van der Waals surface area contributed by atoms with Crippen molar-refractivity contribution in [1.29, 1.82) is 0 Å². The summed E-state index contributed by atoms with van der Waals surface area (Å²) >= 11 is 3.00. The second-order valence-corrected chi connectivity index (χ2v) is 5.24. The highest BCUT2D eigenvalue weighted by Gasteiger charge is 2.37. The molecule has 0 aromatic heterocycles. The third kappa shape index (κ3) is 3.66. The molecule has 0 radical (unpaired) electrons. The molecule has 0 aliphatic heterocycles. The topological polar surface area (TPSA) is 78.4 Å². The van der Waals surface area contributed by atoms with Crippen molar-refractivity contribution in [3.63, 3.8) is 0 Å². The molecule has 3 N–H and O–H groups in total. The molecule has 2 rings (SSSR count). The second kappa shape index (κ2) is 5.56. The Balaban J connectivity index is 1.96. The van der Waals surface area contributed by atoms with Crippen molar-refractivity contribution < 1.29 is 19.1 Å². The Morgan fingerprint density at radius 3 is 2.63 bits per heavy atom. The Morgan fingerprint density at radius 2 is 2.11 bits per heavy atom. The summed E-state index contributed by atoms with van der Waals surface area (Å²) in [6.45, 7) is 0. The first-order chi connectivity index (χ1) is 8.97. The molecule has 5 nitrogen and oxygen atoms in total. The van der Waals surface area contributed by atoms with Crippen LogP contribution >= 0.6 is 15.9 Å². The van der Waals surface area contributed by atoms with E-state index in [4.69, 9.17) is 5.11 Å². The van der Waals surface area contributed by atoms with Crippen molar-refractivity contribution in [1.82, 2.24) is 5.32 Å². The fraction of sp³-hybridized carbons (Fsp3) is 0.333. The first-order valence-corrected chi connectivity index (χ1v) is 6.52. The van der Waals surface area contributed by atoms with Gasteiger partial charge >= 0.3 is 12.0 Å². The average molecular weight is 331 g/mol. The molecule has 1 aliphatic carbocycles. The van der Waals surface area contributed by atoms with Gasteiger partial charge in [-0.3, -0.25) is 0 Å². The van der Waals surface area contributed by atoms with Crippen molar-refractivity contribution in [2.45, 2.75) is 18.9 Å². The number of carbonyl (C=O) groups excluding carboxylic acids is 1. The summed E-state index contributed by atoms with van der Waals surface area (Å²) in [6.07, 6.45) is 1.61. The summed E-state index contributed by atoms with van der Waals surface area (Å²) in [5, 5.41) is 13.8. The van der Waals surface area contributed by atoms with Gasteiger partial charge in [-0.05, 0) is 52.9 Å². The molecule has 0 bridgehead atoms. The SMILES string of the molecule is O=C(Nc1ccc(F)c(Br)c1)NC(C(=O)O)C1CC1. The lowest BCUT2D eigenvalue weighted by molar-refractivity contribution is -0.139. The van der Waals surface area contributed by atoms with Crippen molar-refractivity contribution in [3.05, 3.63) is 28.5 Å². The number of halogens is 2. The van der Waals surface area contributed by atoms with Gasteiger partial charge in [-0.25, -0.2) is 14.0 Å². The molecule has 7 heteroatoms. The van der Waals surface area contributed by atoms with Crippen LogP contribution in [0.2, 0.25) is 0 Å². The maximum atomic E-state index is 13.0. The van der Waals surface area contributed by atoms with Gasteiger partial charge in [-0.1, -0.05) is 0 Å². The van der Waals surface area contributed by atoms with Gasteiger partial charge in [0, 0.05) is 5.69 Å². The number of hydrogen-bond donors (Lipinski definition) is 3. The number of amides is 2. The van der Waals surface area contributed by atoms with E-state index in [1.807, 2.05) is 0 Å². The summed E-state index contributed by atoms with van der Waals surface area (Å²) < 4.78 is 13.2. The van der Waals surface area contributed by atoms with E-state index in [1.165, 1.54) is 18.2 Å². The van der Waals surface area contributed by atoms with Gasteiger partial charge in [0.05, 0.1) is 4.47 Å². The molecule has 1 saturated carbocycles. The summed E-state index contributed by atoms with van der Waals surface area (Å²) in [4.78, 5) is 22.6. The van der Waals surface area contributed by atoms with Gasteiger partial charge in [-0.15, -0.1) is 0 Å². The highest BCUT2D eigenvalue weighted by Crippen LogP contribution is 2.32. The second-order valence-electron chi connectivity index (χ2n) is 4.38.